The van der Waals surface area contributed by atoms with E-state index in [0.717, 1.165) is 37.7 Å². The summed E-state index contributed by atoms with van der Waals surface area (Å²) in [6, 6.07) is 5.72. The fraction of sp³-hybridized carbons (Fsp3) is 0.700. The summed E-state index contributed by atoms with van der Waals surface area (Å²) in [6.45, 7) is 4.51. The maximum atomic E-state index is 10.5. The van der Waals surface area contributed by atoms with Gasteiger partial charge < -0.3 is 15.3 Å². The number of hydrogen-bond acceptors (Lipinski definition) is 3. The van der Waals surface area contributed by atoms with Gasteiger partial charge >= 0.3 is 0 Å². The number of aliphatic hydroxyl groups is 2. The average Bonchev–Trinajstić information content (AvgIpc) is 2.84. The lowest BCUT2D eigenvalue weighted by molar-refractivity contribution is -0.0329. The summed E-state index contributed by atoms with van der Waals surface area (Å²) in [7, 11) is 0. The van der Waals surface area contributed by atoms with Gasteiger partial charge in [-0.25, -0.2) is 0 Å². The fourth-order valence-electron chi connectivity index (χ4n) is 6.10. The van der Waals surface area contributed by atoms with Crippen LogP contribution in [-0.2, 0) is 5.41 Å². The lowest BCUT2D eigenvalue weighted by atomic mass is 9.51. The SMILES string of the molecule is C[C@]1(CO)C[C@@H]2[C@H](CC[C@]3(C)[C@@H](O)CC[C@@H]23)c2ccc(O)cc21. The summed E-state index contributed by atoms with van der Waals surface area (Å²) in [6.07, 6.45) is 4.99. The Hall–Kier alpha value is -1.06. The molecular formula is C20H28O3. The summed E-state index contributed by atoms with van der Waals surface area (Å²) >= 11 is 0. The van der Waals surface area contributed by atoms with E-state index in [1.807, 2.05) is 6.07 Å². The average molecular weight is 316 g/mol. The minimum absolute atomic E-state index is 0.0476. The van der Waals surface area contributed by atoms with Crippen LogP contribution in [0.25, 0.3) is 0 Å². The molecule has 0 saturated heterocycles. The molecular weight excluding hydrogens is 288 g/mol. The van der Waals surface area contributed by atoms with Crippen molar-refractivity contribution >= 4 is 0 Å². The molecule has 0 heterocycles. The van der Waals surface area contributed by atoms with Crippen LogP contribution in [0.5, 0.6) is 5.75 Å². The zero-order chi connectivity index (χ0) is 16.4. The topological polar surface area (TPSA) is 60.7 Å². The number of phenolic OH excluding ortho intramolecular Hbond substituents is 1. The first-order valence-corrected chi connectivity index (χ1v) is 9.01. The smallest absolute Gasteiger partial charge is 0.115 e. The van der Waals surface area contributed by atoms with Crippen molar-refractivity contribution in [2.45, 2.75) is 63.4 Å². The number of aliphatic hydroxyl groups excluding tert-OH is 2. The monoisotopic (exact) mass is 316 g/mol. The van der Waals surface area contributed by atoms with Crippen molar-refractivity contribution in [1.29, 1.82) is 0 Å². The lowest BCUT2D eigenvalue weighted by Crippen LogP contribution is -2.48. The predicted octanol–water partition coefficient (Wildman–Crippen LogP) is 3.32. The van der Waals surface area contributed by atoms with Crippen molar-refractivity contribution in [3.63, 3.8) is 0 Å². The van der Waals surface area contributed by atoms with Crippen molar-refractivity contribution in [3.8, 4) is 5.75 Å². The highest BCUT2D eigenvalue weighted by atomic mass is 16.3. The van der Waals surface area contributed by atoms with Crippen molar-refractivity contribution in [3.05, 3.63) is 29.3 Å². The number of benzene rings is 1. The molecule has 0 radical (unpaired) electrons. The van der Waals surface area contributed by atoms with E-state index in [-0.39, 0.29) is 23.5 Å². The predicted molar refractivity (Wildman–Crippen MR) is 89.5 cm³/mol. The van der Waals surface area contributed by atoms with Crippen LogP contribution in [0.15, 0.2) is 18.2 Å². The highest BCUT2D eigenvalue weighted by Gasteiger charge is 2.56. The second kappa shape index (κ2) is 4.97. The Morgan fingerprint density at radius 1 is 1.17 bits per heavy atom. The summed E-state index contributed by atoms with van der Waals surface area (Å²) < 4.78 is 0. The lowest BCUT2D eigenvalue weighted by Gasteiger charge is -2.53. The van der Waals surface area contributed by atoms with E-state index in [0.29, 0.717) is 23.5 Å². The Labute approximate surface area is 138 Å². The Morgan fingerprint density at radius 3 is 2.70 bits per heavy atom. The Balaban J connectivity index is 1.81. The number of rotatable bonds is 1. The molecule has 23 heavy (non-hydrogen) atoms. The quantitative estimate of drug-likeness (QED) is 0.745. The van der Waals surface area contributed by atoms with Crippen molar-refractivity contribution in [1.82, 2.24) is 0 Å². The standard InChI is InChI=1S/C20H28O3/c1-19(11-21)10-15-13(14-4-3-12(22)9-17(14)19)7-8-20(2)16(15)5-6-18(20)23/h3-4,9,13,15-16,18,21-23H,5-8,10-11H2,1-2H3/t13-,15-,16+,18+,19-,20+/m1/s1. The molecule has 3 N–H and O–H groups in total. The molecule has 0 aliphatic heterocycles. The van der Waals surface area contributed by atoms with Crippen LogP contribution in [-0.4, -0.2) is 28.0 Å². The first kappa shape index (κ1) is 15.5. The van der Waals surface area contributed by atoms with E-state index in [1.165, 1.54) is 5.56 Å². The van der Waals surface area contributed by atoms with E-state index in [2.05, 4.69) is 19.9 Å². The van der Waals surface area contributed by atoms with E-state index in [1.54, 1.807) is 6.07 Å². The highest BCUT2D eigenvalue weighted by molar-refractivity contribution is 5.45. The van der Waals surface area contributed by atoms with Gasteiger partial charge in [-0.05, 0) is 78.5 Å². The van der Waals surface area contributed by atoms with Gasteiger partial charge in [0, 0.05) is 5.41 Å². The molecule has 2 fully saturated rings. The van der Waals surface area contributed by atoms with Crippen LogP contribution in [0.4, 0.5) is 0 Å². The Morgan fingerprint density at radius 2 is 1.96 bits per heavy atom. The van der Waals surface area contributed by atoms with Crippen molar-refractivity contribution in [2.75, 3.05) is 6.61 Å². The number of aromatic hydroxyl groups is 1. The van der Waals surface area contributed by atoms with Gasteiger partial charge in [0.2, 0.25) is 0 Å². The van der Waals surface area contributed by atoms with E-state index in [9.17, 15) is 15.3 Å². The van der Waals surface area contributed by atoms with Crippen LogP contribution < -0.4 is 0 Å². The summed E-state index contributed by atoms with van der Waals surface area (Å²) in [5.41, 5.74) is 2.20. The van der Waals surface area contributed by atoms with E-state index >= 15 is 0 Å². The van der Waals surface area contributed by atoms with Gasteiger partial charge in [0.15, 0.2) is 0 Å². The molecule has 3 aliphatic carbocycles. The second-order valence-electron chi connectivity index (χ2n) is 8.71. The van der Waals surface area contributed by atoms with Crippen molar-refractivity contribution in [2.24, 2.45) is 17.3 Å². The molecule has 3 heteroatoms. The van der Waals surface area contributed by atoms with Gasteiger partial charge in [0.05, 0.1) is 12.7 Å². The molecule has 0 unspecified atom stereocenters. The van der Waals surface area contributed by atoms with Crippen molar-refractivity contribution < 1.29 is 15.3 Å². The second-order valence-corrected chi connectivity index (χ2v) is 8.71. The molecule has 3 nitrogen and oxygen atoms in total. The van der Waals surface area contributed by atoms with Gasteiger partial charge in [-0.3, -0.25) is 0 Å². The Bertz CT molecular complexity index is 627. The summed E-state index contributed by atoms with van der Waals surface area (Å²) in [5.74, 6) is 1.87. The van der Waals surface area contributed by atoms with Crippen LogP contribution in [0.1, 0.15) is 63.0 Å². The zero-order valence-corrected chi connectivity index (χ0v) is 14.1. The maximum absolute atomic E-state index is 10.5. The minimum atomic E-state index is -0.291. The van der Waals surface area contributed by atoms with Crippen LogP contribution >= 0.6 is 0 Å². The molecule has 1 aromatic rings. The maximum Gasteiger partial charge on any atom is 0.115 e. The molecule has 4 rings (SSSR count). The molecule has 6 atom stereocenters. The zero-order valence-electron chi connectivity index (χ0n) is 14.1. The van der Waals surface area contributed by atoms with Gasteiger partial charge in [0.25, 0.3) is 0 Å². The number of phenols is 1. The largest absolute Gasteiger partial charge is 0.508 e. The third-order valence-electron chi connectivity index (χ3n) is 7.51. The number of fused-ring (bicyclic) bond motifs is 5. The van der Waals surface area contributed by atoms with Crippen LogP contribution in [0, 0.1) is 17.3 Å². The van der Waals surface area contributed by atoms with Crippen LogP contribution in [0.3, 0.4) is 0 Å². The Kier molecular flexibility index (Phi) is 3.34. The van der Waals surface area contributed by atoms with Gasteiger partial charge in [0.1, 0.15) is 5.75 Å². The summed E-state index contributed by atoms with van der Waals surface area (Å²) in [4.78, 5) is 0. The molecule has 0 bridgehead atoms. The summed E-state index contributed by atoms with van der Waals surface area (Å²) in [5, 5.41) is 30.5. The molecule has 126 valence electrons. The first-order valence-electron chi connectivity index (χ1n) is 9.01. The molecule has 1 aromatic carbocycles. The van der Waals surface area contributed by atoms with E-state index in [4.69, 9.17) is 0 Å². The highest BCUT2D eigenvalue weighted by Crippen LogP contribution is 2.63. The third kappa shape index (κ3) is 2.02. The van der Waals surface area contributed by atoms with Gasteiger partial charge in [-0.15, -0.1) is 0 Å². The van der Waals surface area contributed by atoms with Gasteiger partial charge in [-0.2, -0.15) is 0 Å². The normalized spacial score (nSPS) is 45.2. The minimum Gasteiger partial charge on any atom is -0.508 e. The number of hydrogen-bond donors (Lipinski definition) is 3. The molecule has 0 amide bonds. The fourth-order valence-corrected chi connectivity index (χ4v) is 6.10. The third-order valence-corrected chi connectivity index (χ3v) is 7.51. The van der Waals surface area contributed by atoms with E-state index < -0.39 is 0 Å². The molecule has 2 saturated carbocycles. The van der Waals surface area contributed by atoms with Crippen LogP contribution in [0.2, 0.25) is 0 Å². The molecule has 3 aliphatic rings. The van der Waals surface area contributed by atoms with Gasteiger partial charge in [-0.1, -0.05) is 19.9 Å². The molecule has 0 spiro atoms. The molecule has 0 aromatic heterocycles. The first-order chi connectivity index (χ1) is 10.9.